The van der Waals surface area contributed by atoms with Crippen LogP contribution in [0, 0.1) is 0 Å². The SMILES string of the molecule is COc1cc(C(=O)N(C)Cc2nc3ccccc3c(=O)[nH]2)cc(OC)c1OCc1ccccc1. The van der Waals surface area contributed by atoms with E-state index in [1.165, 1.54) is 19.1 Å². The van der Waals surface area contributed by atoms with Crippen LogP contribution in [0.15, 0.2) is 71.5 Å². The molecule has 0 atom stereocenters. The van der Waals surface area contributed by atoms with Crippen molar-refractivity contribution < 1.29 is 19.0 Å². The number of aromatic amines is 1. The van der Waals surface area contributed by atoms with Crippen molar-refractivity contribution in [1.29, 1.82) is 0 Å². The van der Waals surface area contributed by atoms with Crippen LogP contribution in [0.2, 0.25) is 0 Å². The Hall–Kier alpha value is -4.33. The maximum atomic E-state index is 13.2. The average molecular weight is 460 g/mol. The minimum absolute atomic E-state index is 0.121. The second kappa shape index (κ2) is 10.1. The van der Waals surface area contributed by atoms with E-state index < -0.39 is 0 Å². The fourth-order valence-corrected chi connectivity index (χ4v) is 3.60. The molecule has 0 radical (unpaired) electrons. The first kappa shape index (κ1) is 22.8. The molecule has 174 valence electrons. The number of fused-ring (bicyclic) bond motifs is 1. The first-order valence-electron chi connectivity index (χ1n) is 10.7. The lowest BCUT2D eigenvalue weighted by atomic mass is 10.1. The summed E-state index contributed by atoms with van der Waals surface area (Å²) in [6.45, 7) is 0.442. The van der Waals surface area contributed by atoms with E-state index >= 15 is 0 Å². The molecule has 0 aliphatic carbocycles. The van der Waals surface area contributed by atoms with Crippen LogP contribution in [0.5, 0.6) is 17.2 Å². The number of benzene rings is 3. The van der Waals surface area contributed by atoms with Gasteiger partial charge in [0.05, 0.1) is 31.7 Å². The van der Waals surface area contributed by atoms with Gasteiger partial charge >= 0.3 is 0 Å². The van der Waals surface area contributed by atoms with Crippen molar-refractivity contribution >= 4 is 16.8 Å². The van der Waals surface area contributed by atoms with E-state index in [1.54, 1.807) is 37.4 Å². The van der Waals surface area contributed by atoms with Gasteiger partial charge in [-0.1, -0.05) is 42.5 Å². The zero-order chi connectivity index (χ0) is 24.1. The van der Waals surface area contributed by atoms with Gasteiger partial charge in [-0.05, 0) is 29.8 Å². The van der Waals surface area contributed by atoms with Crippen LogP contribution >= 0.6 is 0 Å². The van der Waals surface area contributed by atoms with Gasteiger partial charge in [0.15, 0.2) is 11.5 Å². The number of nitrogens with one attached hydrogen (secondary N) is 1. The molecular weight excluding hydrogens is 434 g/mol. The van der Waals surface area contributed by atoms with Gasteiger partial charge in [0.25, 0.3) is 11.5 Å². The minimum Gasteiger partial charge on any atom is -0.493 e. The van der Waals surface area contributed by atoms with E-state index in [-0.39, 0.29) is 18.0 Å². The Morgan fingerprint density at radius 2 is 1.62 bits per heavy atom. The van der Waals surface area contributed by atoms with Gasteiger partial charge in [-0.2, -0.15) is 0 Å². The average Bonchev–Trinajstić information content (AvgIpc) is 2.87. The highest BCUT2D eigenvalue weighted by Gasteiger charge is 2.21. The van der Waals surface area contributed by atoms with E-state index in [0.29, 0.717) is 46.1 Å². The molecule has 0 aliphatic heterocycles. The fourth-order valence-electron chi connectivity index (χ4n) is 3.60. The van der Waals surface area contributed by atoms with Crippen LogP contribution in [-0.4, -0.2) is 42.0 Å². The first-order valence-corrected chi connectivity index (χ1v) is 10.7. The van der Waals surface area contributed by atoms with Gasteiger partial charge in [0.2, 0.25) is 5.75 Å². The highest BCUT2D eigenvalue weighted by Crippen LogP contribution is 2.39. The first-order chi connectivity index (χ1) is 16.5. The third-order valence-electron chi connectivity index (χ3n) is 5.33. The minimum atomic E-state index is -0.290. The second-order valence-corrected chi connectivity index (χ2v) is 7.68. The summed E-state index contributed by atoms with van der Waals surface area (Å²) in [6.07, 6.45) is 0. The van der Waals surface area contributed by atoms with E-state index in [9.17, 15) is 9.59 Å². The van der Waals surface area contributed by atoms with Crippen molar-refractivity contribution in [2.45, 2.75) is 13.2 Å². The number of rotatable bonds is 8. The van der Waals surface area contributed by atoms with Crippen LogP contribution < -0.4 is 19.8 Å². The van der Waals surface area contributed by atoms with Gasteiger partial charge in [0.1, 0.15) is 12.4 Å². The Balaban J connectivity index is 1.57. The monoisotopic (exact) mass is 459 g/mol. The van der Waals surface area contributed by atoms with Gasteiger partial charge in [-0.3, -0.25) is 9.59 Å². The Labute approximate surface area is 196 Å². The Bertz CT molecular complexity index is 1340. The highest BCUT2D eigenvalue weighted by atomic mass is 16.5. The lowest BCUT2D eigenvalue weighted by Gasteiger charge is -2.20. The topological polar surface area (TPSA) is 93.8 Å². The van der Waals surface area contributed by atoms with Crippen LogP contribution in [0.1, 0.15) is 21.7 Å². The van der Waals surface area contributed by atoms with Crippen molar-refractivity contribution in [3.05, 3.63) is 94.0 Å². The van der Waals surface area contributed by atoms with Crippen LogP contribution in [0.3, 0.4) is 0 Å². The van der Waals surface area contributed by atoms with E-state index in [4.69, 9.17) is 14.2 Å². The molecule has 4 aromatic rings. The largest absolute Gasteiger partial charge is 0.493 e. The Morgan fingerprint density at radius 1 is 0.971 bits per heavy atom. The predicted molar refractivity (Wildman–Crippen MR) is 128 cm³/mol. The highest BCUT2D eigenvalue weighted by molar-refractivity contribution is 5.95. The zero-order valence-corrected chi connectivity index (χ0v) is 19.2. The molecule has 0 saturated heterocycles. The molecule has 1 heterocycles. The number of methoxy groups -OCH3 is 2. The van der Waals surface area contributed by atoms with Crippen molar-refractivity contribution in [3.63, 3.8) is 0 Å². The molecule has 0 aliphatic rings. The van der Waals surface area contributed by atoms with Crippen LogP contribution in [0.25, 0.3) is 10.9 Å². The number of ether oxygens (including phenoxy) is 3. The molecule has 0 spiro atoms. The summed E-state index contributed by atoms with van der Waals surface area (Å²) in [5.74, 6) is 1.27. The number of aromatic nitrogens is 2. The van der Waals surface area contributed by atoms with Crippen molar-refractivity contribution in [3.8, 4) is 17.2 Å². The molecular formula is C26H25N3O5. The summed E-state index contributed by atoms with van der Waals surface area (Å²) in [4.78, 5) is 34.2. The number of carbonyl (C=O) groups excluding carboxylic acids is 1. The van der Waals surface area contributed by atoms with Crippen LogP contribution in [0.4, 0.5) is 0 Å². The molecule has 8 heteroatoms. The van der Waals surface area contributed by atoms with Crippen molar-refractivity contribution in [2.24, 2.45) is 0 Å². The number of carbonyl (C=O) groups is 1. The lowest BCUT2D eigenvalue weighted by Crippen LogP contribution is -2.28. The molecule has 34 heavy (non-hydrogen) atoms. The third kappa shape index (κ3) is 4.85. The van der Waals surface area contributed by atoms with Crippen LogP contribution in [-0.2, 0) is 13.2 Å². The van der Waals surface area contributed by atoms with E-state index in [2.05, 4.69) is 9.97 Å². The summed E-state index contributed by atoms with van der Waals surface area (Å²) in [6, 6.07) is 20.0. The molecule has 0 saturated carbocycles. The molecule has 1 N–H and O–H groups in total. The van der Waals surface area contributed by atoms with E-state index in [0.717, 1.165) is 5.56 Å². The second-order valence-electron chi connectivity index (χ2n) is 7.68. The number of hydrogen-bond donors (Lipinski definition) is 1. The van der Waals surface area contributed by atoms with Crippen molar-refractivity contribution in [1.82, 2.24) is 14.9 Å². The summed E-state index contributed by atoms with van der Waals surface area (Å²) in [5.41, 5.74) is 1.67. The molecule has 1 amide bonds. The molecule has 0 fully saturated rings. The smallest absolute Gasteiger partial charge is 0.258 e. The van der Waals surface area contributed by atoms with Gasteiger partial charge in [-0.25, -0.2) is 4.98 Å². The standard InChI is InChI=1S/C26H25N3O5/c1-29(15-23-27-20-12-8-7-11-19(20)25(30)28-23)26(31)18-13-21(32-2)24(22(14-18)33-3)34-16-17-9-5-4-6-10-17/h4-14H,15-16H2,1-3H3,(H,27,28,30). The van der Waals surface area contributed by atoms with E-state index in [1.807, 2.05) is 36.4 Å². The third-order valence-corrected chi connectivity index (χ3v) is 5.33. The Kier molecular flexibility index (Phi) is 6.77. The number of para-hydroxylation sites is 1. The summed E-state index contributed by atoms with van der Waals surface area (Å²) in [5, 5.41) is 0.501. The molecule has 1 aromatic heterocycles. The molecule has 0 unspecified atom stereocenters. The summed E-state index contributed by atoms with van der Waals surface area (Å²) in [7, 11) is 4.65. The summed E-state index contributed by atoms with van der Waals surface area (Å²) < 4.78 is 16.9. The quantitative estimate of drug-likeness (QED) is 0.431. The lowest BCUT2D eigenvalue weighted by molar-refractivity contribution is 0.0780. The van der Waals surface area contributed by atoms with Gasteiger partial charge < -0.3 is 24.1 Å². The Morgan fingerprint density at radius 3 is 2.29 bits per heavy atom. The fraction of sp³-hybridized carbons (Fsp3) is 0.192. The predicted octanol–water partition coefficient (Wildman–Crippen LogP) is 3.79. The summed E-state index contributed by atoms with van der Waals surface area (Å²) >= 11 is 0. The molecule has 8 nitrogen and oxygen atoms in total. The molecule has 3 aromatic carbocycles. The normalized spacial score (nSPS) is 10.7. The maximum absolute atomic E-state index is 13.2. The number of nitrogens with zero attached hydrogens (tertiary/aromatic N) is 2. The zero-order valence-electron chi connectivity index (χ0n) is 19.2. The number of hydrogen-bond acceptors (Lipinski definition) is 6. The number of H-pyrrole nitrogens is 1. The van der Waals surface area contributed by atoms with Crippen molar-refractivity contribution in [2.75, 3.05) is 21.3 Å². The maximum Gasteiger partial charge on any atom is 0.258 e. The molecule has 0 bridgehead atoms. The van der Waals surface area contributed by atoms with Gasteiger partial charge in [0, 0.05) is 12.6 Å². The van der Waals surface area contributed by atoms with Gasteiger partial charge in [-0.15, -0.1) is 0 Å². The number of amides is 1. The molecule has 4 rings (SSSR count).